The normalized spacial score (nSPS) is 9.70. The van der Waals surface area contributed by atoms with Gasteiger partial charge in [-0.2, -0.15) is 0 Å². The number of benzene rings is 2. The number of carbonyl (C=O) groups is 1. The van der Waals surface area contributed by atoms with Gasteiger partial charge in [-0.05, 0) is 48.9 Å². The van der Waals surface area contributed by atoms with Gasteiger partial charge in [-0.1, -0.05) is 41.4 Å². The van der Waals surface area contributed by atoms with Crippen LogP contribution in [-0.4, -0.2) is 5.78 Å². The molecule has 106 valence electrons. The molecule has 0 fully saturated rings. The van der Waals surface area contributed by atoms with Crippen molar-refractivity contribution >= 4 is 33.3 Å². The largest absolute Gasteiger partial charge is 0.289 e. The summed E-state index contributed by atoms with van der Waals surface area (Å²) in [4.78, 5) is 12.2. The number of hydrogen-bond donors (Lipinski definition) is 0. The van der Waals surface area contributed by atoms with Gasteiger partial charge >= 0.3 is 0 Å². The molecule has 0 radical (unpaired) electrons. The van der Waals surface area contributed by atoms with Crippen LogP contribution in [0.25, 0.3) is 0 Å². The summed E-state index contributed by atoms with van der Waals surface area (Å²) in [6.45, 7) is 5.86. The van der Waals surface area contributed by atoms with Crippen molar-refractivity contribution in [3.8, 4) is 0 Å². The quantitative estimate of drug-likeness (QED) is 0.620. The van der Waals surface area contributed by atoms with Crippen molar-refractivity contribution in [3.63, 3.8) is 0 Å². The Morgan fingerprint density at radius 3 is 2.25 bits per heavy atom. The van der Waals surface area contributed by atoms with E-state index in [0.717, 1.165) is 5.56 Å². The molecule has 0 heterocycles. The topological polar surface area (TPSA) is 17.1 Å². The van der Waals surface area contributed by atoms with Crippen LogP contribution in [0, 0.1) is 12.7 Å². The average Bonchev–Trinajstić information content (AvgIpc) is 2.45. The van der Waals surface area contributed by atoms with E-state index in [4.69, 9.17) is 11.6 Å². The van der Waals surface area contributed by atoms with E-state index in [1.165, 1.54) is 24.3 Å². The molecular formula is C16H15BrClFO. The summed E-state index contributed by atoms with van der Waals surface area (Å²) >= 11 is 9.35. The zero-order valence-electron chi connectivity index (χ0n) is 11.5. The minimum absolute atomic E-state index is 0.191. The Hall–Kier alpha value is -1.19. The highest BCUT2D eigenvalue weighted by Crippen LogP contribution is 2.27. The van der Waals surface area contributed by atoms with E-state index in [0.29, 0.717) is 20.6 Å². The summed E-state index contributed by atoms with van der Waals surface area (Å²) in [5.74, 6) is -0.559. The first-order chi connectivity index (χ1) is 9.49. The van der Waals surface area contributed by atoms with Crippen LogP contribution in [-0.2, 0) is 0 Å². The van der Waals surface area contributed by atoms with E-state index in [2.05, 4.69) is 15.9 Å². The maximum atomic E-state index is 12.8. The lowest BCUT2D eigenvalue weighted by atomic mass is 10.0. The molecule has 20 heavy (non-hydrogen) atoms. The van der Waals surface area contributed by atoms with Gasteiger partial charge in [0.05, 0.1) is 0 Å². The van der Waals surface area contributed by atoms with Gasteiger partial charge in [0, 0.05) is 20.6 Å². The average molecular weight is 358 g/mol. The molecule has 0 saturated heterocycles. The second kappa shape index (κ2) is 7.55. The Balaban J connectivity index is 0.000000956. The highest BCUT2D eigenvalue weighted by molar-refractivity contribution is 9.10. The molecule has 0 aliphatic heterocycles. The first-order valence-electron chi connectivity index (χ1n) is 6.25. The monoisotopic (exact) mass is 356 g/mol. The number of carbonyl (C=O) groups excluding carboxylic acids is 1. The van der Waals surface area contributed by atoms with Crippen LogP contribution in [0.1, 0.15) is 35.3 Å². The van der Waals surface area contributed by atoms with Crippen LogP contribution in [0.2, 0.25) is 5.02 Å². The zero-order valence-corrected chi connectivity index (χ0v) is 13.8. The van der Waals surface area contributed by atoms with Crippen LogP contribution >= 0.6 is 27.5 Å². The van der Waals surface area contributed by atoms with Crippen LogP contribution in [0.3, 0.4) is 0 Å². The van der Waals surface area contributed by atoms with Gasteiger partial charge in [0.1, 0.15) is 5.82 Å². The standard InChI is InChI=1S/C14H9BrClFO.C2H6/c1-8-6-12(15)11(7-13(8)16)14(18)9-2-4-10(17)5-3-9;1-2/h2-7H,1H3;1-2H3. The molecule has 0 unspecified atom stereocenters. The predicted octanol–water partition coefficient (Wildman–Crippen LogP) is 5.81. The van der Waals surface area contributed by atoms with Gasteiger partial charge < -0.3 is 0 Å². The lowest BCUT2D eigenvalue weighted by Gasteiger charge is -2.07. The first-order valence-corrected chi connectivity index (χ1v) is 7.42. The SMILES string of the molecule is CC.Cc1cc(Br)c(C(=O)c2ccc(F)cc2)cc1Cl. The number of rotatable bonds is 2. The molecule has 0 spiro atoms. The van der Waals surface area contributed by atoms with Gasteiger partial charge in [0.15, 0.2) is 5.78 Å². The van der Waals surface area contributed by atoms with Crippen LogP contribution in [0.5, 0.6) is 0 Å². The summed E-state index contributed by atoms with van der Waals surface area (Å²) in [5.41, 5.74) is 1.79. The summed E-state index contributed by atoms with van der Waals surface area (Å²) < 4.78 is 13.5. The van der Waals surface area contributed by atoms with Crippen molar-refractivity contribution in [3.05, 3.63) is 68.4 Å². The third-order valence-electron chi connectivity index (χ3n) is 2.60. The fourth-order valence-electron chi connectivity index (χ4n) is 1.58. The van der Waals surface area contributed by atoms with E-state index in [1.807, 2.05) is 20.8 Å². The molecular weight excluding hydrogens is 343 g/mol. The van der Waals surface area contributed by atoms with E-state index in [9.17, 15) is 9.18 Å². The summed E-state index contributed by atoms with van der Waals surface area (Å²) in [6.07, 6.45) is 0. The van der Waals surface area contributed by atoms with Gasteiger partial charge in [-0.15, -0.1) is 0 Å². The summed E-state index contributed by atoms with van der Waals surface area (Å²) in [6, 6.07) is 8.84. The first kappa shape index (κ1) is 16.9. The maximum Gasteiger partial charge on any atom is 0.194 e. The Morgan fingerprint density at radius 2 is 1.70 bits per heavy atom. The van der Waals surface area contributed by atoms with E-state index in [-0.39, 0.29) is 11.6 Å². The van der Waals surface area contributed by atoms with Gasteiger partial charge in [0.2, 0.25) is 0 Å². The number of hydrogen-bond acceptors (Lipinski definition) is 1. The molecule has 2 rings (SSSR count). The van der Waals surface area contributed by atoms with Gasteiger partial charge in [-0.25, -0.2) is 4.39 Å². The molecule has 0 aromatic heterocycles. The molecule has 0 aliphatic carbocycles. The molecule has 0 aliphatic rings. The summed E-state index contributed by atoms with van der Waals surface area (Å²) in [7, 11) is 0. The molecule has 0 amide bonds. The fraction of sp³-hybridized carbons (Fsp3) is 0.188. The van der Waals surface area contributed by atoms with Crippen molar-refractivity contribution in [2.75, 3.05) is 0 Å². The molecule has 0 N–H and O–H groups in total. The van der Waals surface area contributed by atoms with E-state index >= 15 is 0 Å². The molecule has 1 nitrogen and oxygen atoms in total. The zero-order chi connectivity index (χ0) is 15.3. The van der Waals surface area contributed by atoms with Gasteiger partial charge in [0.25, 0.3) is 0 Å². The van der Waals surface area contributed by atoms with E-state index < -0.39 is 0 Å². The Kier molecular flexibility index (Phi) is 6.37. The van der Waals surface area contributed by atoms with Crippen molar-refractivity contribution in [1.29, 1.82) is 0 Å². The Labute approximate surface area is 131 Å². The lowest BCUT2D eigenvalue weighted by Crippen LogP contribution is -2.03. The fourth-order valence-corrected chi connectivity index (χ4v) is 2.38. The van der Waals surface area contributed by atoms with Crippen molar-refractivity contribution < 1.29 is 9.18 Å². The summed E-state index contributed by atoms with van der Waals surface area (Å²) in [5, 5.41) is 0.531. The highest BCUT2D eigenvalue weighted by Gasteiger charge is 2.14. The number of aryl methyl sites for hydroxylation is 1. The van der Waals surface area contributed by atoms with Crippen LogP contribution in [0.4, 0.5) is 4.39 Å². The number of halogens is 3. The second-order valence-electron chi connectivity index (χ2n) is 3.92. The highest BCUT2D eigenvalue weighted by atomic mass is 79.9. The third kappa shape index (κ3) is 3.90. The third-order valence-corrected chi connectivity index (χ3v) is 3.66. The van der Waals surface area contributed by atoms with Crippen molar-refractivity contribution in [2.24, 2.45) is 0 Å². The van der Waals surface area contributed by atoms with Crippen molar-refractivity contribution in [1.82, 2.24) is 0 Å². The minimum atomic E-state index is -0.368. The van der Waals surface area contributed by atoms with Crippen LogP contribution < -0.4 is 0 Å². The molecule has 0 saturated carbocycles. The van der Waals surface area contributed by atoms with E-state index in [1.54, 1.807) is 12.1 Å². The second-order valence-corrected chi connectivity index (χ2v) is 5.18. The smallest absolute Gasteiger partial charge is 0.194 e. The molecule has 2 aromatic carbocycles. The molecule has 0 atom stereocenters. The number of ketones is 1. The molecule has 2 aromatic rings. The molecule has 4 heteroatoms. The Bertz CT molecular complexity index is 609. The predicted molar refractivity (Wildman–Crippen MR) is 85.1 cm³/mol. The molecule has 0 bridgehead atoms. The van der Waals surface area contributed by atoms with Gasteiger partial charge in [-0.3, -0.25) is 4.79 Å². The van der Waals surface area contributed by atoms with Crippen molar-refractivity contribution in [2.45, 2.75) is 20.8 Å². The minimum Gasteiger partial charge on any atom is -0.289 e. The van der Waals surface area contributed by atoms with Crippen LogP contribution in [0.15, 0.2) is 40.9 Å². The lowest BCUT2D eigenvalue weighted by molar-refractivity contribution is 0.103. The maximum absolute atomic E-state index is 12.8. The Morgan fingerprint density at radius 1 is 1.15 bits per heavy atom.